The van der Waals surface area contributed by atoms with Gasteiger partial charge in [-0.3, -0.25) is 4.79 Å². The molecule has 6 nitrogen and oxygen atoms in total. The monoisotopic (exact) mass is 392 g/mol. The smallest absolute Gasteiger partial charge is 0.293 e. The minimum Gasteiger partial charge on any atom is -0.436 e. The number of anilines is 1. The Morgan fingerprint density at radius 3 is 2.52 bits per heavy atom. The second-order valence-corrected chi connectivity index (χ2v) is 7.57. The number of amides is 1. The Bertz CT molecular complexity index is 817. The fourth-order valence-corrected chi connectivity index (χ4v) is 3.93. The van der Waals surface area contributed by atoms with Crippen LogP contribution in [0.2, 0.25) is 0 Å². The summed E-state index contributed by atoms with van der Waals surface area (Å²) in [6, 6.07) is 4.16. The first-order valence-corrected chi connectivity index (χ1v) is 8.78. The molecule has 0 saturated carbocycles. The van der Waals surface area contributed by atoms with Gasteiger partial charge in [-0.05, 0) is 41.1 Å². The van der Waals surface area contributed by atoms with Gasteiger partial charge in [0.05, 0.1) is 10.6 Å². The number of rotatable bonds is 3. The third-order valence-corrected chi connectivity index (χ3v) is 4.86. The van der Waals surface area contributed by atoms with Crippen LogP contribution in [0.5, 0.6) is 0 Å². The molecule has 1 aromatic heterocycles. The van der Waals surface area contributed by atoms with E-state index in [1.807, 2.05) is 0 Å². The first-order chi connectivity index (χ1) is 9.68. The summed E-state index contributed by atoms with van der Waals surface area (Å²) in [6.07, 6.45) is 0. The van der Waals surface area contributed by atoms with E-state index in [4.69, 9.17) is 15.1 Å². The fourth-order valence-electron chi connectivity index (χ4n) is 1.71. The zero-order valence-electron chi connectivity index (χ0n) is 11.0. The maximum absolute atomic E-state index is 12.0. The van der Waals surface area contributed by atoms with E-state index < -0.39 is 15.0 Å². The average molecular weight is 394 g/mol. The second kappa shape index (κ2) is 5.78. The third kappa shape index (κ3) is 3.63. The molecular formula is C12H10BrClN2O4S. The molecular weight excluding hydrogens is 384 g/mol. The maximum Gasteiger partial charge on any atom is 0.293 e. The number of aromatic nitrogens is 1. The molecule has 1 aromatic carbocycles. The van der Waals surface area contributed by atoms with Crippen LogP contribution >= 0.6 is 26.6 Å². The quantitative estimate of drug-likeness (QED) is 0.809. The summed E-state index contributed by atoms with van der Waals surface area (Å²) in [7, 11) is 1.42. The van der Waals surface area contributed by atoms with Crippen LogP contribution in [0.4, 0.5) is 5.69 Å². The SMILES string of the molecule is Cc1nc(C)c(C(=O)Nc2ccc(S(=O)(=O)Cl)c(Br)c2)o1. The van der Waals surface area contributed by atoms with Gasteiger partial charge in [0, 0.05) is 27.8 Å². The number of benzene rings is 1. The van der Waals surface area contributed by atoms with Crippen molar-refractivity contribution in [1.82, 2.24) is 4.98 Å². The maximum atomic E-state index is 12.0. The number of carbonyl (C=O) groups is 1. The second-order valence-electron chi connectivity index (χ2n) is 4.18. The lowest BCUT2D eigenvalue weighted by Gasteiger charge is -2.06. The number of aryl methyl sites for hydroxylation is 2. The van der Waals surface area contributed by atoms with Crippen LogP contribution in [0.25, 0.3) is 0 Å². The molecule has 1 amide bonds. The van der Waals surface area contributed by atoms with E-state index >= 15 is 0 Å². The van der Waals surface area contributed by atoms with Gasteiger partial charge in [0.25, 0.3) is 15.0 Å². The van der Waals surface area contributed by atoms with Crippen LogP contribution in [0.1, 0.15) is 22.1 Å². The molecule has 0 saturated heterocycles. The molecule has 1 heterocycles. The highest BCUT2D eigenvalue weighted by atomic mass is 79.9. The Labute approximate surface area is 134 Å². The average Bonchev–Trinajstić information content (AvgIpc) is 2.67. The van der Waals surface area contributed by atoms with E-state index in [2.05, 4.69) is 26.2 Å². The number of nitrogens with one attached hydrogen (secondary N) is 1. The summed E-state index contributed by atoms with van der Waals surface area (Å²) in [4.78, 5) is 16.0. The van der Waals surface area contributed by atoms with Crippen molar-refractivity contribution in [2.24, 2.45) is 0 Å². The Balaban J connectivity index is 2.27. The summed E-state index contributed by atoms with van der Waals surface area (Å²) < 4.78 is 28.0. The van der Waals surface area contributed by atoms with Crippen molar-refractivity contribution in [3.05, 3.63) is 40.0 Å². The molecule has 0 radical (unpaired) electrons. The molecule has 0 unspecified atom stereocenters. The number of carbonyl (C=O) groups excluding carboxylic acids is 1. The number of halogens is 2. The lowest BCUT2D eigenvalue weighted by molar-refractivity contribution is 0.0994. The molecule has 0 spiro atoms. The van der Waals surface area contributed by atoms with E-state index in [9.17, 15) is 13.2 Å². The van der Waals surface area contributed by atoms with Crippen LogP contribution in [-0.2, 0) is 9.05 Å². The van der Waals surface area contributed by atoms with Crippen molar-refractivity contribution < 1.29 is 17.6 Å². The lowest BCUT2D eigenvalue weighted by atomic mass is 10.3. The number of oxazole rings is 1. The number of hydrogen-bond acceptors (Lipinski definition) is 5. The van der Waals surface area contributed by atoms with E-state index in [1.54, 1.807) is 13.8 Å². The highest BCUT2D eigenvalue weighted by Crippen LogP contribution is 2.28. The van der Waals surface area contributed by atoms with Crippen LogP contribution in [0, 0.1) is 13.8 Å². The molecule has 0 fully saturated rings. The Morgan fingerprint density at radius 1 is 1.38 bits per heavy atom. The molecule has 112 valence electrons. The molecule has 2 rings (SSSR count). The normalized spacial score (nSPS) is 11.4. The van der Waals surface area contributed by atoms with Gasteiger partial charge in [0.1, 0.15) is 0 Å². The van der Waals surface area contributed by atoms with Gasteiger partial charge < -0.3 is 9.73 Å². The fraction of sp³-hybridized carbons (Fsp3) is 0.167. The molecule has 0 aliphatic rings. The highest BCUT2D eigenvalue weighted by molar-refractivity contribution is 9.10. The van der Waals surface area contributed by atoms with Crippen LogP contribution in [0.3, 0.4) is 0 Å². The highest BCUT2D eigenvalue weighted by Gasteiger charge is 2.18. The van der Waals surface area contributed by atoms with E-state index in [0.29, 0.717) is 17.3 Å². The minimum absolute atomic E-state index is 0.0751. The summed E-state index contributed by atoms with van der Waals surface area (Å²) in [6.45, 7) is 3.30. The van der Waals surface area contributed by atoms with Crippen molar-refractivity contribution in [1.29, 1.82) is 0 Å². The molecule has 0 aliphatic carbocycles. The predicted octanol–water partition coefficient (Wildman–Crippen LogP) is 3.23. The van der Waals surface area contributed by atoms with Gasteiger partial charge in [-0.15, -0.1) is 0 Å². The van der Waals surface area contributed by atoms with Crippen molar-refractivity contribution in [2.75, 3.05) is 5.32 Å². The molecule has 2 aromatic rings. The van der Waals surface area contributed by atoms with Gasteiger partial charge in [-0.2, -0.15) is 0 Å². The minimum atomic E-state index is -3.85. The van der Waals surface area contributed by atoms with E-state index in [0.717, 1.165) is 0 Å². The summed E-state index contributed by atoms with van der Waals surface area (Å²) in [5, 5.41) is 2.59. The Morgan fingerprint density at radius 2 is 2.05 bits per heavy atom. The summed E-state index contributed by atoms with van der Waals surface area (Å²) in [5.41, 5.74) is 0.869. The summed E-state index contributed by atoms with van der Waals surface area (Å²) >= 11 is 3.10. The van der Waals surface area contributed by atoms with Gasteiger partial charge in [0.15, 0.2) is 5.89 Å². The van der Waals surface area contributed by atoms with Gasteiger partial charge >= 0.3 is 0 Å². The van der Waals surface area contributed by atoms with Crippen LogP contribution in [0.15, 0.2) is 32.0 Å². The first kappa shape index (κ1) is 16.0. The van der Waals surface area contributed by atoms with Crippen molar-refractivity contribution >= 4 is 47.3 Å². The summed E-state index contributed by atoms with van der Waals surface area (Å²) in [5.74, 6) is 0.0292. The molecule has 0 atom stereocenters. The lowest BCUT2D eigenvalue weighted by Crippen LogP contribution is -2.12. The zero-order chi connectivity index (χ0) is 15.8. The van der Waals surface area contributed by atoms with E-state index in [-0.39, 0.29) is 15.1 Å². The number of hydrogen-bond donors (Lipinski definition) is 1. The van der Waals surface area contributed by atoms with Crippen molar-refractivity contribution in [3.8, 4) is 0 Å². The van der Waals surface area contributed by atoms with Gasteiger partial charge in [0.2, 0.25) is 5.76 Å². The topological polar surface area (TPSA) is 89.3 Å². The van der Waals surface area contributed by atoms with Crippen LogP contribution in [-0.4, -0.2) is 19.3 Å². The van der Waals surface area contributed by atoms with Crippen molar-refractivity contribution in [3.63, 3.8) is 0 Å². The van der Waals surface area contributed by atoms with Gasteiger partial charge in [-0.25, -0.2) is 13.4 Å². The standard InChI is InChI=1S/C12H10BrClN2O4S/c1-6-11(20-7(2)15-6)12(17)16-8-3-4-10(9(13)5-8)21(14,18)19/h3-5H,1-2H3,(H,16,17). The Hall–Kier alpha value is -1.38. The molecule has 0 bridgehead atoms. The predicted molar refractivity (Wildman–Crippen MR) is 81.1 cm³/mol. The van der Waals surface area contributed by atoms with Crippen molar-refractivity contribution in [2.45, 2.75) is 18.7 Å². The van der Waals surface area contributed by atoms with E-state index in [1.165, 1.54) is 18.2 Å². The molecule has 0 aliphatic heterocycles. The molecule has 9 heteroatoms. The molecule has 21 heavy (non-hydrogen) atoms. The van der Waals surface area contributed by atoms with Gasteiger partial charge in [-0.1, -0.05) is 0 Å². The zero-order valence-corrected chi connectivity index (χ0v) is 14.1. The van der Waals surface area contributed by atoms with Crippen LogP contribution < -0.4 is 5.32 Å². The number of nitrogens with zero attached hydrogens (tertiary/aromatic N) is 1. The first-order valence-electron chi connectivity index (χ1n) is 5.68. The molecule has 1 N–H and O–H groups in total. The largest absolute Gasteiger partial charge is 0.436 e. The Kier molecular flexibility index (Phi) is 4.40. The third-order valence-electron chi connectivity index (χ3n) is 2.56.